The van der Waals surface area contributed by atoms with E-state index in [9.17, 15) is 14.7 Å². The van der Waals surface area contributed by atoms with Crippen LogP contribution in [0.25, 0.3) is 5.57 Å². The van der Waals surface area contributed by atoms with Crippen molar-refractivity contribution in [2.45, 2.75) is 64.3 Å². The number of nitrogens with two attached hydrogens (primary N) is 1. The van der Waals surface area contributed by atoms with Gasteiger partial charge in [-0.05, 0) is 80.3 Å². The van der Waals surface area contributed by atoms with Crippen LogP contribution in [0.15, 0.2) is 60.7 Å². The number of fused-ring (bicyclic) bond motifs is 1. The predicted octanol–water partition coefficient (Wildman–Crippen LogP) is 4.48. The lowest BCUT2D eigenvalue weighted by Crippen LogP contribution is -2.50. The summed E-state index contributed by atoms with van der Waals surface area (Å²) in [6.07, 6.45) is 11.2. The van der Waals surface area contributed by atoms with Crippen LogP contribution in [0.3, 0.4) is 0 Å². The molecule has 3 atom stereocenters. The van der Waals surface area contributed by atoms with Crippen molar-refractivity contribution in [3.05, 3.63) is 82.6 Å². The molecule has 0 saturated carbocycles. The lowest BCUT2D eigenvalue weighted by Gasteiger charge is -2.39. The number of ether oxygens (including phenoxy) is 1. The summed E-state index contributed by atoms with van der Waals surface area (Å²) in [4.78, 5) is 34.4. The zero-order chi connectivity index (χ0) is 31.3. The summed E-state index contributed by atoms with van der Waals surface area (Å²) in [7, 11) is 1.87. The van der Waals surface area contributed by atoms with Gasteiger partial charge in [-0.1, -0.05) is 36.7 Å². The molecule has 4 rings (SSSR count). The number of carbonyl (C=O) groups excluding carboxylic acids is 2. The van der Waals surface area contributed by atoms with Gasteiger partial charge in [0.25, 0.3) is 5.91 Å². The predicted molar refractivity (Wildman–Crippen MR) is 168 cm³/mol. The van der Waals surface area contributed by atoms with Gasteiger partial charge in [0.15, 0.2) is 0 Å². The van der Waals surface area contributed by atoms with E-state index in [1.54, 1.807) is 30.4 Å². The van der Waals surface area contributed by atoms with Crippen LogP contribution in [-0.2, 0) is 16.6 Å². The van der Waals surface area contributed by atoms with Crippen molar-refractivity contribution in [1.29, 1.82) is 0 Å². The summed E-state index contributed by atoms with van der Waals surface area (Å²) in [5.41, 5.74) is 8.70. The fourth-order valence-corrected chi connectivity index (χ4v) is 5.67. The van der Waals surface area contributed by atoms with E-state index in [0.717, 1.165) is 28.0 Å². The zero-order valence-electron chi connectivity index (χ0n) is 25.6. The van der Waals surface area contributed by atoms with Gasteiger partial charge in [0, 0.05) is 44.3 Å². The van der Waals surface area contributed by atoms with Crippen molar-refractivity contribution in [3.63, 3.8) is 0 Å². The van der Waals surface area contributed by atoms with E-state index in [0.29, 0.717) is 37.6 Å². The number of imidazole rings is 1. The van der Waals surface area contributed by atoms with Crippen LogP contribution in [-0.4, -0.2) is 74.3 Å². The Morgan fingerprint density at radius 2 is 2.00 bits per heavy atom. The highest BCUT2D eigenvalue weighted by atomic mass is 35.5. The van der Waals surface area contributed by atoms with Gasteiger partial charge in [0.05, 0.1) is 30.4 Å². The zero-order valence-corrected chi connectivity index (χ0v) is 26.3. The normalized spacial score (nSPS) is 20.8. The van der Waals surface area contributed by atoms with E-state index in [-0.39, 0.29) is 24.7 Å². The fourth-order valence-electron chi connectivity index (χ4n) is 5.49. The van der Waals surface area contributed by atoms with Crippen LogP contribution in [0, 0.1) is 0 Å². The number of halogens is 1. The first-order valence-electron chi connectivity index (χ1n) is 14.7. The molecule has 2 aliphatic rings. The third-order valence-electron chi connectivity index (χ3n) is 8.14. The number of hydrogen-bond donors (Lipinski definition) is 3. The van der Waals surface area contributed by atoms with Crippen LogP contribution in [0.1, 0.15) is 69.4 Å². The molecule has 11 heteroatoms. The average molecular weight is 611 g/mol. The Labute approximate surface area is 258 Å². The number of aryl methyl sites for hydroxylation is 1. The van der Waals surface area contributed by atoms with E-state index in [2.05, 4.69) is 21.3 Å². The average Bonchev–Trinajstić information content (AvgIpc) is 3.33. The molecule has 10 nitrogen and oxygen atoms in total. The van der Waals surface area contributed by atoms with Crippen LogP contribution < -0.4 is 11.1 Å². The monoisotopic (exact) mass is 610 g/mol. The molecule has 0 bridgehead atoms. The minimum atomic E-state index is -1.56. The minimum absolute atomic E-state index is 0.0386. The molecular formula is C32H43ClN6O4. The molecule has 2 heterocycles. The number of nitrogens with zero attached hydrogens (tertiary/aromatic N) is 4. The Hall–Kier alpha value is -3.60. The summed E-state index contributed by atoms with van der Waals surface area (Å²) in [6, 6.07) is 5.18. The van der Waals surface area contributed by atoms with Crippen molar-refractivity contribution in [2.24, 2.45) is 12.8 Å². The summed E-state index contributed by atoms with van der Waals surface area (Å²) in [5, 5.41) is 14.5. The van der Waals surface area contributed by atoms with E-state index in [1.807, 2.05) is 49.7 Å². The van der Waals surface area contributed by atoms with E-state index in [4.69, 9.17) is 22.1 Å². The number of aliphatic hydroxyl groups is 1. The largest absolute Gasteiger partial charge is 0.447 e. The molecule has 2 aromatic rings. The Bertz CT molecular complexity index is 1400. The van der Waals surface area contributed by atoms with Crippen molar-refractivity contribution < 1.29 is 19.4 Å². The quantitative estimate of drug-likeness (QED) is 0.402. The molecule has 1 fully saturated rings. The van der Waals surface area contributed by atoms with E-state index in [1.165, 1.54) is 13.1 Å². The second kappa shape index (κ2) is 13.8. The first kappa shape index (κ1) is 32.3. The van der Waals surface area contributed by atoms with Crippen molar-refractivity contribution in [1.82, 2.24) is 24.7 Å². The number of piperazine rings is 1. The molecule has 4 N–H and O–H groups in total. The fraction of sp³-hybridized carbons (Fsp3) is 0.469. The number of nitrogens with one attached hydrogen (secondary N) is 1. The van der Waals surface area contributed by atoms with Crippen LogP contribution in [0.5, 0.6) is 0 Å². The van der Waals surface area contributed by atoms with E-state index < -0.39 is 17.6 Å². The van der Waals surface area contributed by atoms with Crippen LogP contribution in [0.4, 0.5) is 4.79 Å². The Morgan fingerprint density at radius 3 is 2.60 bits per heavy atom. The number of allylic oxidation sites excluding steroid dienone is 3. The smallest absolute Gasteiger partial charge is 0.410 e. The van der Waals surface area contributed by atoms with Crippen molar-refractivity contribution in [2.75, 3.05) is 26.2 Å². The SMILES string of the molecule is CCC(C)(O)C(=O)NC(C1=C/C(=C/C=C\N)CC(N2CCN(C(=O)OC(C)C)CC2)c2ccc(Cl)cc21)c1cncn1C. The highest BCUT2D eigenvalue weighted by Gasteiger charge is 2.36. The standard InChI is InChI=1S/C32H43ClN6O4/c1-6-32(4,42)30(40)36-29(28-19-35-20-37(28)5)26-16-22(8-7-11-34)17-27(24-10-9-23(33)18-25(24)26)38-12-14-39(15-13-38)31(41)43-21(2)3/h7-11,16,18-21,27,29,42H,6,12-15,17,34H2,1-5H3,(H,36,40)/b11-7-,22-8-. The number of carbonyl (C=O) groups is 2. The Balaban J connectivity index is 1.80. The maximum absolute atomic E-state index is 13.4. The van der Waals surface area contributed by atoms with Crippen LogP contribution >= 0.6 is 11.6 Å². The van der Waals surface area contributed by atoms with Crippen molar-refractivity contribution in [3.8, 4) is 0 Å². The second-order valence-electron chi connectivity index (χ2n) is 11.6. The highest BCUT2D eigenvalue weighted by Crippen LogP contribution is 2.43. The molecule has 43 heavy (non-hydrogen) atoms. The van der Waals surface area contributed by atoms with Gasteiger partial charge in [0.1, 0.15) is 5.60 Å². The number of amides is 2. The third kappa shape index (κ3) is 7.49. The Morgan fingerprint density at radius 1 is 1.28 bits per heavy atom. The van der Waals surface area contributed by atoms with E-state index >= 15 is 0 Å². The lowest BCUT2D eigenvalue weighted by atomic mass is 9.89. The van der Waals surface area contributed by atoms with Gasteiger partial charge < -0.3 is 30.4 Å². The lowest BCUT2D eigenvalue weighted by molar-refractivity contribution is -0.138. The van der Waals surface area contributed by atoms with Gasteiger partial charge in [0.2, 0.25) is 0 Å². The molecule has 3 unspecified atom stereocenters. The molecule has 0 radical (unpaired) electrons. The summed E-state index contributed by atoms with van der Waals surface area (Å²) < 4.78 is 7.29. The Kier molecular flexibility index (Phi) is 10.4. The molecule has 1 aliphatic carbocycles. The molecule has 1 aliphatic heterocycles. The van der Waals surface area contributed by atoms with Crippen molar-refractivity contribution >= 4 is 29.2 Å². The van der Waals surface area contributed by atoms with Crippen LogP contribution in [0.2, 0.25) is 5.02 Å². The molecule has 2 amide bonds. The molecule has 1 saturated heterocycles. The first-order valence-corrected chi connectivity index (χ1v) is 15.1. The van der Waals surface area contributed by atoms with Gasteiger partial charge in [-0.2, -0.15) is 0 Å². The number of benzene rings is 1. The maximum atomic E-state index is 13.4. The van der Waals surface area contributed by atoms with Gasteiger partial charge >= 0.3 is 6.09 Å². The molecule has 1 aromatic heterocycles. The second-order valence-corrected chi connectivity index (χ2v) is 12.0. The molecule has 232 valence electrons. The summed E-state index contributed by atoms with van der Waals surface area (Å²) in [6.45, 7) is 9.40. The third-order valence-corrected chi connectivity index (χ3v) is 8.38. The number of aromatic nitrogens is 2. The first-order chi connectivity index (χ1) is 20.4. The van der Waals surface area contributed by atoms with Gasteiger partial charge in [-0.25, -0.2) is 9.78 Å². The summed E-state index contributed by atoms with van der Waals surface area (Å²) >= 11 is 6.62. The molecule has 1 aromatic carbocycles. The minimum Gasteiger partial charge on any atom is -0.447 e. The van der Waals surface area contributed by atoms with Gasteiger partial charge in [-0.3, -0.25) is 9.69 Å². The summed E-state index contributed by atoms with van der Waals surface area (Å²) in [5.74, 6) is -0.483. The van der Waals surface area contributed by atoms with Gasteiger partial charge in [-0.15, -0.1) is 0 Å². The maximum Gasteiger partial charge on any atom is 0.410 e. The highest BCUT2D eigenvalue weighted by molar-refractivity contribution is 6.30. The number of rotatable bonds is 8. The molecular weight excluding hydrogens is 568 g/mol. The topological polar surface area (TPSA) is 126 Å². The molecule has 0 spiro atoms. The number of hydrogen-bond acceptors (Lipinski definition) is 7.